The second kappa shape index (κ2) is 10.2. The van der Waals surface area contributed by atoms with E-state index in [1.54, 1.807) is 0 Å². The lowest BCUT2D eigenvalue weighted by Crippen LogP contribution is -2.50. The predicted octanol–water partition coefficient (Wildman–Crippen LogP) is 2.95. The van der Waals surface area contributed by atoms with Gasteiger partial charge in [-0.15, -0.1) is 17.9 Å². The van der Waals surface area contributed by atoms with Crippen molar-refractivity contribution in [3.63, 3.8) is 0 Å². The standard InChI is InChI=1S/C21H35N5S/c1-4-11-26-13-9-18(10-14-26)24-21(22-2)23-16-17-7-5-12-25(3)20(17)19-8-6-15-27-19/h4,6,8,15,17-18,20H,1,5,7,9-14,16H2,2-3H3,(H2,22,23,24). The van der Waals surface area contributed by atoms with Crippen LogP contribution >= 0.6 is 11.3 Å². The molecule has 2 unspecified atom stereocenters. The molecule has 0 bridgehead atoms. The Hall–Kier alpha value is -1.37. The summed E-state index contributed by atoms with van der Waals surface area (Å²) in [5.41, 5.74) is 0. The molecule has 2 N–H and O–H groups in total. The number of rotatable bonds is 6. The number of hydrogen-bond acceptors (Lipinski definition) is 4. The smallest absolute Gasteiger partial charge is 0.191 e. The lowest BCUT2D eigenvalue weighted by atomic mass is 9.88. The number of nitrogens with one attached hydrogen (secondary N) is 2. The molecule has 27 heavy (non-hydrogen) atoms. The number of likely N-dealkylation sites (tertiary alicyclic amines) is 2. The first-order valence-electron chi connectivity index (χ1n) is 10.3. The van der Waals surface area contributed by atoms with Crippen molar-refractivity contribution < 1.29 is 0 Å². The Morgan fingerprint density at radius 2 is 2.15 bits per heavy atom. The van der Waals surface area contributed by atoms with E-state index in [1.165, 1.54) is 37.1 Å². The number of aliphatic imine (C=N–C) groups is 1. The maximum absolute atomic E-state index is 4.48. The van der Waals surface area contributed by atoms with Gasteiger partial charge in [-0.1, -0.05) is 12.1 Å². The molecule has 6 heteroatoms. The molecule has 2 aliphatic rings. The molecule has 0 aliphatic carbocycles. The van der Waals surface area contributed by atoms with Crippen molar-refractivity contribution in [1.29, 1.82) is 0 Å². The molecule has 5 nitrogen and oxygen atoms in total. The van der Waals surface area contributed by atoms with Crippen molar-refractivity contribution >= 4 is 17.3 Å². The third-order valence-corrected chi connectivity index (χ3v) is 6.86. The fraction of sp³-hybridized carbons (Fsp3) is 0.667. The molecule has 2 fully saturated rings. The summed E-state index contributed by atoms with van der Waals surface area (Å²) in [4.78, 5) is 11.0. The van der Waals surface area contributed by atoms with Gasteiger partial charge < -0.3 is 10.6 Å². The third kappa shape index (κ3) is 5.56. The molecule has 1 aromatic heterocycles. The summed E-state index contributed by atoms with van der Waals surface area (Å²) >= 11 is 1.88. The van der Waals surface area contributed by atoms with Gasteiger partial charge in [0.1, 0.15) is 0 Å². The largest absolute Gasteiger partial charge is 0.356 e. The number of nitrogens with zero attached hydrogens (tertiary/aromatic N) is 3. The minimum atomic E-state index is 0.513. The van der Waals surface area contributed by atoms with Crippen LogP contribution in [0.4, 0.5) is 0 Å². The van der Waals surface area contributed by atoms with Crippen molar-refractivity contribution in [2.24, 2.45) is 10.9 Å². The summed E-state index contributed by atoms with van der Waals surface area (Å²) in [5, 5.41) is 9.46. The number of guanidine groups is 1. The Labute approximate surface area is 168 Å². The van der Waals surface area contributed by atoms with E-state index in [9.17, 15) is 0 Å². The highest BCUT2D eigenvalue weighted by Crippen LogP contribution is 2.36. The summed E-state index contributed by atoms with van der Waals surface area (Å²) in [6, 6.07) is 5.49. The van der Waals surface area contributed by atoms with Crippen molar-refractivity contribution in [1.82, 2.24) is 20.4 Å². The van der Waals surface area contributed by atoms with Crippen molar-refractivity contribution in [3.05, 3.63) is 35.0 Å². The van der Waals surface area contributed by atoms with E-state index >= 15 is 0 Å². The maximum Gasteiger partial charge on any atom is 0.191 e. The molecule has 150 valence electrons. The lowest BCUT2D eigenvalue weighted by Gasteiger charge is -2.39. The van der Waals surface area contributed by atoms with Crippen LogP contribution < -0.4 is 10.6 Å². The molecule has 0 saturated carbocycles. The van der Waals surface area contributed by atoms with E-state index in [0.717, 1.165) is 32.1 Å². The van der Waals surface area contributed by atoms with Gasteiger partial charge in [0.25, 0.3) is 0 Å². The van der Waals surface area contributed by atoms with Crippen LogP contribution in [0.2, 0.25) is 0 Å². The molecule has 3 heterocycles. The van der Waals surface area contributed by atoms with Crippen LogP contribution in [0.1, 0.15) is 36.6 Å². The minimum Gasteiger partial charge on any atom is -0.356 e. The first-order valence-corrected chi connectivity index (χ1v) is 11.1. The zero-order valence-corrected chi connectivity index (χ0v) is 17.7. The van der Waals surface area contributed by atoms with Crippen molar-refractivity contribution in [3.8, 4) is 0 Å². The first-order chi connectivity index (χ1) is 13.2. The highest BCUT2D eigenvalue weighted by molar-refractivity contribution is 7.10. The van der Waals surface area contributed by atoms with Gasteiger partial charge in [-0.3, -0.25) is 14.8 Å². The van der Waals surface area contributed by atoms with Gasteiger partial charge in [-0.05, 0) is 56.6 Å². The summed E-state index contributed by atoms with van der Waals surface area (Å²) < 4.78 is 0. The van der Waals surface area contributed by atoms with E-state index in [0.29, 0.717) is 18.0 Å². The van der Waals surface area contributed by atoms with Crippen molar-refractivity contribution in [2.45, 2.75) is 37.8 Å². The Bertz CT molecular complexity index is 592. The normalized spacial score (nSPS) is 26.1. The number of piperidine rings is 2. The quantitative estimate of drug-likeness (QED) is 0.446. The van der Waals surface area contributed by atoms with Crippen LogP contribution in [0, 0.1) is 5.92 Å². The van der Waals surface area contributed by atoms with E-state index in [2.05, 4.69) is 56.6 Å². The zero-order valence-electron chi connectivity index (χ0n) is 16.9. The molecule has 0 spiro atoms. The molecule has 2 atom stereocenters. The number of hydrogen-bond donors (Lipinski definition) is 2. The molecule has 1 aromatic rings. The van der Waals surface area contributed by atoms with Crippen LogP contribution in [0.15, 0.2) is 35.2 Å². The molecule has 0 aromatic carbocycles. The topological polar surface area (TPSA) is 42.9 Å². The highest BCUT2D eigenvalue weighted by Gasteiger charge is 2.31. The fourth-order valence-corrected chi connectivity index (χ4v) is 5.42. The van der Waals surface area contributed by atoms with Gasteiger partial charge in [0, 0.05) is 50.2 Å². The van der Waals surface area contributed by atoms with Crippen LogP contribution in [-0.4, -0.2) is 68.6 Å². The second-order valence-electron chi connectivity index (χ2n) is 7.80. The molecule has 3 rings (SSSR count). The summed E-state index contributed by atoms with van der Waals surface area (Å²) in [7, 11) is 4.15. The van der Waals surface area contributed by atoms with Crippen LogP contribution in [0.5, 0.6) is 0 Å². The van der Waals surface area contributed by atoms with E-state index < -0.39 is 0 Å². The number of thiophene rings is 1. The SMILES string of the molecule is C=CCN1CCC(NC(=NC)NCC2CCCN(C)C2c2cccs2)CC1. The molecular weight excluding hydrogens is 354 g/mol. The Kier molecular flexibility index (Phi) is 7.73. The Morgan fingerprint density at radius 1 is 1.33 bits per heavy atom. The summed E-state index contributed by atoms with van der Waals surface area (Å²) in [6.45, 7) is 9.27. The van der Waals surface area contributed by atoms with Crippen LogP contribution in [0.3, 0.4) is 0 Å². The minimum absolute atomic E-state index is 0.513. The van der Waals surface area contributed by atoms with Gasteiger partial charge in [-0.25, -0.2) is 0 Å². The van der Waals surface area contributed by atoms with Crippen LogP contribution in [0.25, 0.3) is 0 Å². The van der Waals surface area contributed by atoms with Crippen LogP contribution in [-0.2, 0) is 0 Å². The van der Waals surface area contributed by atoms with Gasteiger partial charge in [0.05, 0.1) is 0 Å². The maximum atomic E-state index is 4.48. The van der Waals surface area contributed by atoms with Gasteiger partial charge in [0.15, 0.2) is 5.96 Å². The first kappa shape index (κ1) is 20.4. The molecule has 0 radical (unpaired) electrons. The average Bonchev–Trinajstić information content (AvgIpc) is 3.21. The molecule has 0 amide bonds. The summed E-state index contributed by atoms with van der Waals surface area (Å²) in [6.07, 6.45) is 6.88. The lowest BCUT2D eigenvalue weighted by molar-refractivity contribution is 0.125. The zero-order chi connectivity index (χ0) is 19.1. The summed E-state index contributed by atoms with van der Waals surface area (Å²) in [5.74, 6) is 1.57. The van der Waals surface area contributed by atoms with Gasteiger partial charge >= 0.3 is 0 Å². The van der Waals surface area contributed by atoms with E-state index in [1.807, 2.05) is 24.5 Å². The molecular formula is C21H35N5S. The third-order valence-electron chi connectivity index (χ3n) is 5.91. The Morgan fingerprint density at radius 3 is 2.81 bits per heavy atom. The Balaban J connectivity index is 1.50. The van der Waals surface area contributed by atoms with Crippen molar-refractivity contribution in [2.75, 3.05) is 46.8 Å². The molecule has 2 saturated heterocycles. The monoisotopic (exact) mass is 389 g/mol. The predicted molar refractivity (Wildman–Crippen MR) is 117 cm³/mol. The molecule has 2 aliphatic heterocycles. The van der Waals surface area contributed by atoms with E-state index in [4.69, 9.17) is 0 Å². The average molecular weight is 390 g/mol. The van der Waals surface area contributed by atoms with E-state index in [-0.39, 0.29) is 0 Å². The van der Waals surface area contributed by atoms with Gasteiger partial charge in [-0.2, -0.15) is 0 Å². The fourth-order valence-electron chi connectivity index (χ4n) is 4.44. The van der Waals surface area contributed by atoms with Gasteiger partial charge in [0.2, 0.25) is 0 Å². The highest BCUT2D eigenvalue weighted by atomic mass is 32.1. The second-order valence-corrected chi connectivity index (χ2v) is 8.78.